The van der Waals surface area contributed by atoms with Crippen LogP contribution < -0.4 is 5.73 Å². The van der Waals surface area contributed by atoms with Crippen molar-refractivity contribution in [3.63, 3.8) is 0 Å². The summed E-state index contributed by atoms with van der Waals surface area (Å²) in [4.78, 5) is 11.9. The molecule has 3 heteroatoms. The largest absolute Gasteiger partial charge is 0.321 e. The molecule has 0 radical (unpaired) electrons. The number of carbonyl (C=O) groups is 1. The second-order valence-corrected chi connectivity index (χ2v) is 5.17. The minimum atomic E-state index is -0.383. The highest BCUT2D eigenvalue weighted by Crippen LogP contribution is 2.10. The van der Waals surface area contributed by atoms with Gasteiger partial charge in [-0.1, -0.05) is 30.3 Å². The van der Waals surface area contributed by atoms with E-state index in [1.54, 1.807) is 11.3 Å². The Kier molecular flexibility index (Phi) is 4.67. The normalized spacial score (nSPS) is 12.3. The van der Waals surface area contributed by atoms with Crippen LogP contribution in [0.15, 0.2) is 47.2 Å². The van der Waals surface area contributed by atoms with Crippen molar-refractivity contribution in [2.75, 3.05) is 0 Å². The molecule has 1 heterocycles. The number of Topliss-reactive ketones (excluding diaryl/α,β-unsaturated/α-hetero) is 1. The summed E-state index contributed by atoms with van der Waals surface area (Å²) in [5.41, 5.74) is 8.28. The van der Waals surface area contributed by atoms with Gasteiger partial charge in [0.15, 0.2) is 0 Å². The van der Waals surface area contributed by atoms with Gasteiger partial charge in [0.25, 0.3) is 0 Å². The number of carbonyl (C=O) groups excluding carboxylic acids is 1. The Bertz CT molecular complexity index is 478. The molecule has 1 unspecified atom stereocenters. The monoisotopic (exact) mass is 259 g/mol. The lowest BCUT2D eigenvalue weighted by atomic mass is 9.99. The first-order chi connectivity index (χ1) is 8.75. The van der Waals surface area contributed by atoms with Crippen molar-refractivity contribution in [2.24, 2.45) is 5.73 Å². The zero-order valence-electron chi connectivity index (χ0n) is 10.2. The first-order valence-corrected chi connectivity index (χ1v) is 7.03. The quantitative estimate of drug-likeness (QED) is 0.867. The fourth-order valence-corrected chi connectivity index (χ4v) is 2.57. The molecule has 2 N–H and O–H groups in total. The average Bonchev–Trinajstić information content (AvgIpc) is 2.90. The predicted molar refractivity (Wildman–Crippen MR) is 75.8 cm³/mol. The minimum absolute atomic E-state index is 0.144. The smallest absolute Gasteiger partial charge is 0.150 e. The Balaban J connectivity index is 1.82. The number of nitrogens with two attached hydrogens (primary N) is 1. The maximum absolute atomic E-state index is 11.9. The zero-order valence-corrected chi connectivity index (χ0v) is 11.0. The molecule has 0 fully saturated rings. The van der Waals surface area contributed by atoms with Crippen molar-refractivity contribution in [1.82, 2.24) is 0 Å². The third kappa shape index (κ3) is 3.79. The van der Waals surface area contributed by atoms with Crippen LogP contribution in [0.5, 0.6) is 0 Å². The second-order valence-electron chi connectivity index (χ2n) is 4.39. The third-order valence-electron chi connectivity index (χ3n) is 2.95. The van der Waals surface area contributed by atoms with Gasteiger partial charge in [-0.25, -0.2) is 0 Å². The molecule has 0 amide bonds. The van der Waals surface area contributed by atoms with Crippen LogP contribution in [0.3, 0.4) is 0 Å². The maximum Gasteiger partial charge on any atom is 0.150 e. The first kappa shape index (κ1) is 13.0. The Morgan fingerprint density at radius 3 is 2.61 bits per heavy atom. The summed E-state index contributed by atoms with van der Waals surface area (Å²) in [6, 6.07) is 11.6. The molecule has 0 bridgehead atoms. The van der Waals surface area contributed by atoms with Gasteiger partial charge in [0.2, 0.25) is 0 Å². The molecule has 94 valence electrons. The highest BCUT2D eigenvalue weighted by Gasteiger charge is 2.13. The van der Waals surface area contributed by atoms with Gasteiger partial charge < -0.3 is 5.73 Å². The van der Waals surface area contributed by atoms with Crippen molar-refractivity contribution in [1.29, 1.82) is 0 Å². The van der Waals surface area contributed by atoms with E-state index in [0.29, 0.717) is 12.8 Å². The fourth-order valence-electron chi connectivity index (χ4n) is 1.87. The molecule has 0 spiro atoms. The van der Waals surface area contributed by atoms with Crippen LogP contribution in [0.25, 0.3) is 0 Å². The summed E-state index contributed by atoms with van der Waals surface area (Å²) >= 11 is 1.66. The van der Waals surface area contributed by atoms with Crippen molar-refractivity contribution < 1.29 is 4.79 Å². The summed E-state index contributed by atoms with van der Waals surface area (Å²) in [5, 5.41) is 4.11. The van der Waals surface area contributed by atoms with E-state index in [4.69, 9.17) is 5.73 Å². The average molecular weight is 259 g/mol. The van der Waals surface area contributed by atoms with Gasteiger partial charge in [0, 0.05) is 6.42 Å². The highest BCUT2D eigenvalue weighted by molar-refractivity contribution is 7.07. The topological polar surface area (TPSA) is 43.1 Å². The van der Waals surface area contributed by atoms with Crippen LogP contribution in [0.4, 0.5) is 0 Å². The number of aryl methyl sites for hydroxylation is 1. The van der Waals surface area contributed by atoms with Crippen LogP contribution in [-0.2, 0) is 17.6 Å². The van der Waals surface area contributed by atoms with Crippen molar-refractivity contribution in [3.8, 4) is 0 Å². The minimum Gasteiger partial charge on any atom is -0.321 e. The van der Waals surface area contributed by atoms with Gasteiger partial charge >= 0.3 is 0 Å². The van der Waals surface area contributed by atoms with E-state index in [9.17, 15) is 4.79 Å². The van der Waals surface area contributed by atoms with Crippen molar-refractivity contribution in [3.05, 3.63) is 58.3 Å². The Labute approximate surface area is 111 Å². The van der Waals surface area contributed by atoms with E-state index in [-0.39, 0.29) is 11.8 Å². The van der Waals surface area contributed by atoms with Gasteiger partial charge in [-0.3, -0.25) is 4.79 Å². The van der Waals surface area contributed by atoms with E-state index in [2.05, 4.69) is 11.4 Å². The molecule has 0 aliphatic carbocycles. The van der Waals surface area contributed by atoms with Gasteiger partial charge in [-0.2, -0.15) is 11.3 Å². The lowest BCUT2D eigenvalue weighted by molar-refractivity contribution is -0.120. The summed E-state index contributed by atoms with van der Waals surface area (Å²) < 4.78 is 0. The Hall–Kier alpha value is -1.45. The van der Waals surface area contributed by atoms with Gasteiger partial charge in [-0.05, 0) is 40.8 Å². The van der Waals surface area contributed by atoms with Crippen LogP contribution in [0.1, 0.15) is 17.5 Å². The molecule has 2 nitrogen and oxygen atoms in total. The zero-order chi connectivity index (χ0) is 12.8. The molecule has 1 aromatic carbocycles. The lowest BCUT2D eigenvalue weighted by Gasteiger charge is -2.10. The number of rotatable bonds is 6. The standard InChI is InChI=1S/C15H17NOS/c16-14(10-12-4-2-1-3-5-12)15(17)7-6-13-8-9-18-11-13/h1-5,8-9,11,14H,6-7,10,16H2. The molecule has 2 rings (SSSR count). The second kappa shape index (κ2) is 6.47. The number of hydrogen-bond acceptors (Lipinski definition) is 3. The summed E-state index contributed by atoms with van der Waals surface area (Å²) in [7, 11) is 0. The fraction of sp³-hybridized carbons (Fsp3) is 0.267. The summed E-state index contributed by atoms with van der Waals surface area (Å²) in [6.07, 6.45) is 1.96. The number of benzene rings is 1. The van der Waals surface area contributed by atoms with Crippen LogP contribution in [0, 0.1) is 0 Å². The molecule has 0 saturated heterocycles. The summed E-state index contributed by atoms with van der Waals surface area (Å²) in [5.74, 6) is 0.144. The Morgan fingerprint density at radius 1 is 1.17 bits per heavy atom. The maximum atomic E-state index is 11.9. The number of thiophene rings is 1. The highest BCUT2D eigenvalue weighted by atomic mass is 32.1. The van der Waals surface area contributed by atoms with Crippen molar-refractivity contribution in [2.45, 2.75) is 25.3 Å². The van der Waals surface area contributed by atoms with Gasteiger partial charge in [0.05, 0.1) is 6.04 Å². The predicted octanol–water partition coefficient (Wildman–Crippen LogP) is 2.82. The molecule has 2 aromatic rings. The number of ketones is 1. The molecule has 18 heavy (non-hydrogen) atoms. The number of hydrogen-bond donors (Lipinski definition) is 1. The lowest BCUT2D eigenvalue weighted by Crippen LogP contribution is -2.32. The molecule has 0 saturated carbocycles. The Morgan fingerprint density at radius 2 is 1.94 bits per heavy atom. The third-order valence-corrected chi connectivity index (χ3v) is 3.68. The van der Waals surface area contributed by atoms with Gasteiger partial charge in [0.1, 0.15) is 5.78 Å². The molecule has 1 aromatic heterocycles. The van der Waals surface area contributed by atoms with Crippen molar-refractivity contribution >= 4 is 17.1 Å². The van der Waals surface area contributed by atoms with E-state index in [0.717, 1.165) is 12.0 Å². The van der Waals surface area contributed by atoms with E-state index in [1.807, 2.05) is 35.7 Å². The van der Waals surface area contributed by atoms with Crippen LogP contribution in [-0.4, -0.2) is 11.8 Å². The molecule has 1 atom stereocenters. The van der Waals surface area contributed by atoms with E-state index in [1.165, 1.54) is 5.56 Å². The molecule has 0 aliphatic heterocycles. The molecular weight excluding hydrogens is 242 g/mol. The van der Waals surface area contributed by atoms with Gasteiger partial charge in [-0.15, -0.1) is 0 Å². The molecule has 0 aliphatic rings. The summed E-state index contributed by atoms with van der Waals surface area (Å²) in [6.45, 7) is 0. The van der Waals surface area contributed by atoms with Crippen LogP contribution in [0.2, 0.25) is 0 Å². The van der Waals surface area contributed by atoms with E-state index >= 15 is 0 Å². The van der Waals surface area contributed by atoms with Crippen LogP contribution >= 0.6 is 11.3 Å². The SMILES string of the molecule is NC(Cc1ccccc1)C(=O)CCc1ccsc1. The first-order valence-electron chi connectivity index (χ1n) is 6.09. The van der Waals surface area contributed by atoms with E-state index < -0.39 is 0 Å². The molecular formula is C15H17NOS.